The summed E-state index contributed by atoms with van der Waals surface area (Å²) in [7, 11) is 0. The molecule has 0 heterocycles. The van der Waals surface area contributed by atoms with Gasteiger partial charge in [0.1, 0.15) is 0 Å². The van der Waals surface area contributed by atoms with Crippen LogP contribution in [0.5, 0.6) is 0 Å². The molecule has 0 aliphatic rings. The first-order valence-corrected chi connectivity index (χ1v) is 13.0. The van der Waals surface area contributed by atoms with Crippen molar-refractivity contribution < 1.29 is 19.0 Å². The van der Waals surface area contributed by atoms with Crippen LogP contribution < -0.4 is 0 Å². The van der Waals surface area contributed by atoms with Gasteiger partial charge in [-0.25, -0.2) is 0 Å². The highest BCUT2D eigenvalue weighted by molar-refractivity contribution is 5.70. The first-order chi connectivity index (χ1) is 16.7. The van der Waals surface area contributed by atoms with Crippen LogP contribution in [0.1, 0.15) is 84.9 Å². The van der Waals surface area contributed by atoms with Gasteiger partial charge in [0.05, 0.1) is 24.7 Å². The van der Waals surface area contributed by atoms with Gasteiger partial charge in [0, 0.05) is 18.6 Å². The van der Waals surface area contributed by atoms with Crippen LogP contribution in [-0.4, -0.2) is 41.5 Å². The standard InChI is InChI=1S/C30H45NO4/c1-22(2)33-29(32)20-28(18-19-30(34-23(3)4)35-24(5)6)31(21-26-14-10-8-11-15-26)25(7)27-16-12-9-13-17-27/h8-17,22-25,28,30H,18-21H2,1-7H3/t25-,28-/m1/s1. The smallest absolute Gasteiger partial charge is 0.307 e. The average Bonchev–Trinajstić information content (AvgIpc) is 2.79. The number of carbonyl (C=O) groups is 1. The largest absolute Gasteiger partial charge is 0.463 e. The molecule has 0 aromatic heterocycles. The van der Waals surface area contributed by atoms with E-state index in [1.165, 1.54) is 11.1 Å². The van der Waals surface area contributed by atoms with Crippen molar-refractivity contribution >= 4 is 5.97 Å². The Morgan fingerprint density at radius 3 is 1.80 bits per heavy atom. The van der Waals surface area contributed by atoms with Crippen LogP contribution in [0.2, 0.25) is 0 Å². The van der Waals surface area contributed by atoms with Crippen LogP contribution >= 0.6 is 0 Å². The summed E-state index contributed by atoms with van der Waals surface area (Å²) in [6, 6.07) is 21.0. The highest BCUT2D eigenvalue weighted by atomic mass is 16.7. The zero-order chi connectivity index (χ0) is 25.8. The fourth-order valence-electron chi connectivity index (χ4n) is 4.29. The number of rotatable bonds is 15. The van der Waals surface area contributed by atoms with Crippen molar-refractivity contribution in [2.45, 2.75) is 111 Å². The summed E-state index contributed by atoms with van der Waals surface area (Å²) < 4.78 is 17.7. The summed E-state index contributed by atoms with van der Waals surface area (Å²) in [5, 5.41) is 0. The van der Waals surface area contributed by atoms with Gasteiger partial charge in [0.2, 0.25) is 0 Å². The summed E-state index contributed by atoms with van der Waals surface area (Å²) in [4.78, 5) is 15.3. The summed E-state index contributed by atoms with van der Waals surface area (Å²) in [6.45, 7) is 14.8. The molecule has 2 atom stereocenters. The Morgan fingerprint density at radius 2 is 1.29 bits per heavy atom. The number of nitrogens with zero attached hydrogens (tertiary/aromatic N) is 1. The summed E-state index contributed by atoms with van der Waals surface area (Å²) >= 11 is 0. The minimum Gasteiger partial charge on any atom is -0.463 e. The third-order valence-corrected chi connectivity index (χ3v) is 5.81. The van der Waals surface area contributed by atoms with E-state index in [1.54, 1.807) is 0 Å². The van der Waals surface area contributed by atoms with Gasteiger partial charge >= 0.3 is 5.97 Å². The highest BCUT2D eigenvalue weighted by Crippen LogP contribution is 2.29. The van der Waals surface area contributed by atoms with Gasteiger partial charge in [-0.1, -0.05) is 60.7 Å². The van der Waals surface area contributed by atoms with E-state index in [2.05, 4.69) is 60.4 Å². The molecule has 0 radical (unpaired) electrons. The molecule has 0 aliphatic heterocycles. The molecule has 5 nitrogen and oxygen atoms in total. The number of hydrogen-bond donors (Lipinski definition) is 0. The molecule has 0 N–H and O–H groups in total. The fraction of sp³-hybridized carbons (Fsp3) is 0.567. The number of hydrogen-bond acceptors (Lipinski definition) is 5. The average molecular weight is 484 g/mol. The zero-order valence-electron chi connectivity index (χ0n) is 22.6. The lowest BCUT2D eigenvalue weighted by atomic mass is 9.98. The molecule has 0 saturated heterocycles. The van der Waals surface area contributed by atoms with Crippen LogP contribution in [-0.2, 0) is 25.5 Å². The monoisotopic (exact) mass is 483 g/mol. The summed E-state index contributed by atoms with van der Waals surface area (Å²) in [5.41, 5.74) is 2.44. The lowest BCUT2D eigenvalue weighted by Gasteiger charge is -2.37. The lowest BCUT2D eigenvalue weighted by Crippen LogP contribution is -2.40. The third kappa shape index (κ3) is 10.9. The molecule has 2 aromatic carbocycles. The number of carbonyl (C=O) groups excluding carboxylic acids is 1. The molecule has 2 aromatic rings. The van der Waals surface area contributed by atoms with E-state index in [1.807, 2.05) is 53.7 Å². The van der Waals surface area contributed by atoms with Crippen molar-refractivity contribution in [2.24, 2.45) is 0 Å². The Labute approximate surface area is 212 Å². The van der Waals surface area contributed by atoms with Gasteiger partial charge in [-0.15, -0.1) is 0 Å². The normalized spacial score (nSPS) is 13.7. The van der Waals surface area contributed by atoms with E-state index in [0.717, 1.165) is 13.0 Å². The molecule has 0 bridgehead atoms. The van der Waals surface area contributed by atoms with Gasteiger partial charge < -0.3 is 14.2 Å². The van der Waals surface area contributed by atoms with E-state index in [9.17, 15) is 4.79 Å². The molecular formula is C30H45NO4. The number of ether oxygens (including phenoxy) is 3. The van der Waals surface area contributed by atoms with Gasteiger partial charge in [-0.2, -0.15) is 0 Å². The van der Waals surface area contributed by atoms with Crippen molar-refractivity contribution in [1.29, 1.82) is 0 Å². The molecule has 2 rings (SSSR count). The molecule has 0 spiro atoms. The van der Waals surface area contributed by atoms with E-state index >= 15 is 0 Å². The molecule has 194 valence electrons. The minimum atomic E-state index is -0.316. The molecule has 0 saturated carbocycles. The topological polar surface area (TPSA) is 48.0 Å². The Kier molecular flexibility index (Phi) is 12.5. The predicted octanol–water partition coefficient (Wildman–Crippen LogP) is 6.92. The van der Waals surface area contributed by atoms with E-state index in [0.29, 0.717) is 12.8 Å². The molecule has 0 amide bonds. The Hall–Kier alpha value is -2.21. The summed E-state index contributed by atoms with van der Waals surface area (Å²) in [5.74, 6) is -0.172. The van der Waals surface area contributed by atoms with Crippen LogP contribution in [0.3, 0.4) is 0 Å². The maximum absolute atomic E-state index is 12.9. The quantitative estimate of drug-likeness (QED) is 0.203. The van der Waals surface area contributed by atoms with Gasteiger partial charge in [0.25, 0.3) is 0 Å². The van der Waals surface area contributed by atoms with Gasteiger partial charge in [-0.3, -0.25) is 9.69 Å². The highest BCUT2D eigenvalue weighted by Gasteiger charge is 2.29. The van der Waals surface area contributed by atoms with Crippen molar-refractivity contribution in [1.82, 2.24) is 4.90 Å². The molecular weight excluding hydrogens is 438 g/mol. The molecule has 5 heteroatoms. The maximum Gasteiger partial charge on any atom is 0.307 e. The molecule has 0 fully saturated rings. The van der Waals surface area contributed by atoms with Gasteiger partial charge in [0.15, 0.2) is 6.29 Å². The maximum atomic E-state index is 12.9. The first-order valence-electron chi connectivity index (χ1n) is 13.0. The third-order valence-electron chi connectivity index (χ3n) is 5.81. The Balaban J connectivity index is 2.35. The first kappa shape index (κ1) is 29.0. The van der Waals surface area contributed by atoms with Crippen LogP contribution in [0, 0.1) is 0 Å². The van der Waals surface area contributed by atoms with Crippen molar-refractivity contribution in [3.63, 3.8) is 0 Å². The second-order valence-corrected chi connectivity index (χ2v) is 10.0. The second kappa shape index (κ2) is 15.0. The van der Waals surface area contributed by atoms with Crippen molar-refractivity contribution in [3.8, 4) is 0 Å². The predicted molar refractivity (Wildman–Crippen MR) is 142 cm³/mol. The fourth-order valence-corrected chi connectivity index (χ4v) is 4.29. The minimum absolute atomic E-state index is 0.0364. The van der Waals surface area contributed by atoms with Crippen LogP contribution in [0.25, 0.3) is 0 Å². The van der Waals surface area contributed by atoms with E-state index in [-0.39, 0.29) is 42.7 Å². The molecule has 0 aliphatic carbocycles. The SMILES string of the molecule is CC(C)OC(=O)C[C@@H](CCC(OC(C)C)OC(C)C)N(Cc1ccccc1)[C@H](C)c1ccccc1. The van der Waals surface area contributed by atoms with Crippen molar-refractivity contribution in [2.75, 3.05) is 0 Å². The second-order valence-electron chi connectivity index (χ2n) is 10.0. The lowest BCUT2D eigenvalue weighted by molar-refractivity contribution is -0.186. The molecule has 0 unspecified atom stereocenters. The number of benzene rings is 2. The van der Waals surface area contributed by atoms with E-state index in [4.69, 9.17) is 14.2 Å². The van der Waals surface area contributed by atoms with Crippen LogP contribution in [0.15, 0.2) is 60.7 Å². The molecule has 35 heavy (non-hydrogen) atoms. The summed E-state index contributed by atoms with van der Waals surface area (Å²) in [6.07, 6.45) is 1.43. The van der Waals surface area contributed by atoms with Gasteiger partial charge in [-0.05, 0) is 72.4 Å². The zero-order valence-corrected chi connectivity index (χ0v) is 22.6. The van der Waals surface area contributed by atoms with Crippen molar-refractivity contribution in [3.05, 3.63) is 71.8 Å². The Morgan fingerprint density at radius 1 is 0.743 bits per heavy atom. The van der Waals surface area contributed by atoms with Crippen LogP contribution in [0.4, 0.5) is 0 Å². The number of esters is 1. The van der Waals surface area contributed by atoms with E-state index < -0.39 is 0 Å². The Bertz CT molecular complexity index is 828.